The number of benzene rings is 3. The summed E-state index contributed by atoms with van der Waals surface area (Å²) in [4.78, 5) is 95.0. The Balaban J connectivity index is 0.000000247. The highest BCUT2D eigenvalue weighted by molar-refractivity contribution is 6.05. The number of amides is 5. The van der Waals surface area contributed by atoms with E-state index >= 15 is 0 Å². The summed E-state index contributed by atoms with van der Waals surface area (Å²) in [7, 11) is 0. The number of aliphatic hydroxyl groups is 1. The van der Waals surface area contributed by atoms with Crippen LogP contribution in [0.1, 0.15) is 81.7 Å². The molecule has 3 aromatic carbocycles. The van der Waals surface area contributed by atoms with Gasteiger partial charge in [0.05, 0.1) is 40.2 Å². The van der Waals surface area contributed by atoms with Crippen molar-refractivity contribution in [2.45, 2.75) is 88.0 Å². The number of aliphatic imine (C=N–C) groups is 3. The summed E-state index contributed by atoms with van der Waals surface area (Å²) < 4.78 is 5.30. The Kier molecular flexibility index (Phi) is 23.2. The fourth-order valence-electron chi connectivity index (χ4n) is 6.91. The van der Waals surface area contributed by atoms with Crippen LogP contribution in [0.5, 0.6) is 0 Å². The highest BCUT2D eigenvalue weighted by Crippen LogP contribution is 2.23. The first-order chi connectivity index (χ1) is 36.2. The molecule has 0 bridgehead atoms. The van der Waals surface area contributed by atoms with Gasteiger partial charge in [0, 0.05) is 63.1 Å². The third-order valence-electron chi connectivity index (χ3n) is 10.0. The van der Waals surface area contributed by atoms with Gasteiger partial charge in [-0.05, 0) is 113 Å². The number of ether oxygens (including phenoxy) is 1. The highest BCUT2D eigenvalue weighted by Gasteiger charge is 2.13. The van der Waals surface area contributed by atoms with Gasteiger partial charge in [0.25, 0.3) is 17.8 Å². The fourth-order valence-corrected chi connectivity index (χ4v) is 6.91. The van der Waals surface area contributed by atoms with Gasteiger partial charge in [-0.3, -0.25) is 50.6 Å². The van der Waals surface area contributed by atoms with Gasteiger partial charge in [0.1, 0.15) is 6.61 Å². The Morgan fingerprint density at radius 3 is 1.22 bits per heavy atom. The van der Waals surface area contributed by atoms with Gasteiger partial charge in [-0.25, -0.2) is 29.9 Å². The molecule has 0 aliphatic heterocycles. The first kappa shape index (κ1) is 59.6. The van der Waals surface area contributed by atoms with E-state index in [1.54, 1.807) is 6.92 Å². The third kappa shape index (κ3) is 20.1. The first-order valence-corrected chi connectivity index (χ1v) is 23.9. The molecule has 0 unspecified atom stereocenters. The fraction of sp³-hybridized carbons (Fsp3) is 0.321. The second-order valence-corrected chi connectivity index (χ2v) is 16.9. The van der Waals surface area contributed by atoms with Crippen LogP contribution in [0.3, 0.4) is 0 Å². The average Bonchev–Trinajstić information content (AvgIpc) is 3.32. The molecule has 398 valence electrons. The lowest BCUT2D eigenvalue weighted by atomic mass is 10.1. The summed E-state index contributed by atoms with van der Waals surface area (Å²) in [5.41, 5.74) is 14.0. The van der Waals surface area contributed by atoms with Gasteiger partial charge in [-0.2, -0.15) is 15.0 Å². The Hall–Kier alpha value is -8.98. The van der Waals surface area contributed by atoms with Gasteiger partial charge in [0.15, 0.2) is 0 Å². The smallest absolute Gasteiger partial charge is 0.253 e. The van der Waals surface area contributed by atoms with E-state index in [0.29, 0.717) is 48.6 Å². The summed E-state index contributed by atoms with van der Waals surface area (Å²) >= 11 is 0. The molecule has 0 saturated carbocycles. The molecule has 0 aliphatic carbocycles. The van der Waals surface area contributed by atoms with Crippen LogP contribution in [-0.2, 0) is 48.0 Å². The largest absolute Gasteiger partial charge is 0.396 e. The van der Waals surface area contributed by atoms with Crippen molar-refractivity contribution in [2.24, 2.45) is 20.7 Å². The Labute approximate surface area is 440 Å². The molecule has 3 heterocycles. The number of aromatic nitrogens is 6. The zero-order valence-electron chi connectivity index (χ0n) is 44.1. The topological polar surface area (TPSA) is 327 Å². The van der Waals surface area contributed by atoms with Crippen molar-refractivity contribution in [3.63, 3.8) is 0 Å². The molecule has 5 amide bonds. The van der Waals surface area contributed by atoms with E-state index in [9.17, 15) is 24.0 Å². The number of aryl methyl sites for hydroxylation is 4. The predicted octanol–water partition coefficient (Wildman–Crippen LogP) is 4.20. The number of terminal acetylenes is 1. The van der Waals surface area contributed by atoms with Gasteiger partial charge in [0.2, 0.25) is 47.4 Å². The molecule has 0 radical (unpaired) electrons. The Morgan fingerprint density at radius 2 is 0.908 bits per heavy atom. The Bertz CT molecular complexity index is 3200. The zero-order chi connectivity index (χ0) is 55.9. The van der Waals surface area contributed by atoms with Crippen molar-refractivity contribution in [3.05, 3.63) is 101 Å². The van der Waals surface area contributed by atoms with Gasteiger partial charge < -0.3 is 20.9 Å². The molecule has 0 atom stereocenters. The van der Waals surface area contributed by atoms with Crippen LogP contribution in [0.15, 0.2) is 81.9 Å². The van der Waals surface area contributed by atoms with Crippen molar-refractivity contribution in [2.75, 3.05) is 26.4 Å². The standard InChI is InChI=1S/C19H21N5O3.C18H24N6O.C16H19N5O3/c1-5-9-27-10-8-15-6-7-17-16(11-15)12(2)20-18(23-17)24-19(21-13(3)25)22-14(4)26;1-11(2)20-17(22-13(4)25)24-18-21-12(3)15-10-14(6-5-9-19)7-8-16(15)23-18;1-9-13-8-12(6-7-22)4-5-14(13)20-15(17-9)21-16(18-10(2)23)19-11(3)24/h1,6-7,11H,8-10H2,2-4H3,(H2,20,21,22,23,24,25,26);7-8,10H,1,5-6,9,19H2,2-4H3,(H2,20,21,22,23,24,25);4-5,8,22H,6-7H2,1-3H3,(H2,17,18,19,20,21,23,24). The Morgan fingerprint density at radius 1 is 0.566 bits per heavy atom. The number of allylic oxidation sites excluding steroid dienone is 1. The monoisotopic (exact) mass is 1040 g/mol. The van der Waals surface area contributed by atoms with Crippen molar-refractivity contribution in [1.29, 1.82) is 0 Å². The maximum Gasteiger partial charge on any atom is 0.253 e. The minimum Gasteiger partial charge on any atom is -0.396 e. The third-order valence-corrected chi connectivity index (χ3v) is 10.0. The van der Waals surface area contributed by atoms with Crippen molar-refractivity contribution in [3.8, 4) is 12.3 Å². The van der Waals surface area contributed by atoms with Crippen molar-refractivity contribution >= 4 is 98.0 Å². The highest BCUT2D eigenvalue weighted by atomic mass is 16.5. The molecule has 3 aromatic heterocycles. The molecular weight excluding hydrogens is 973 g/mol. The van der Waals surface area contributed by atoms with E-state index in [2.05, 4.69) is 95.3 Å². The molecule has 6 aromatic rings. The van der Waals surface area contributed by atoms with Crippen LogP contribution >= 0.6 is 0 Å². The minimum atomic E-state index is -0.367. The van der Waals surface area contributed by atoms with Crippen LogP contribution in [0.4, 0.5) is 17.8 Å². The van der Waals surface area contributed by atoms with Crippen LogP contribution in [-0.4, -0.2) is 109 Å². The molecule has 0 aliphatic rings. The second-order valence-electron chi connectivity index (χ2n) is 16.9. The second kappa shape index (κ2) is 29.7. The molecule has 0 saturated heterocycles. The molecule has 9 N–H and O–H groups in total. The van der Waals surface area contributed by atoms with Crippen molar-refractivity contribution < 1.29 is 33.8 Å². The number of carbonyl (C=O) groups is 5. The summed E-state index contributed by atoms with van der Waals surface area (Å²) in [6.07, 6.45) is 8.32. The van der Waals surface area contributed by atoms with Crippen LogP contribution in [0.2, 0.25) is 0 Å². The van der Waals surface area contributed by atoms with E-state index in [-0.39, 0.29) is 71.9 Å². The van der Waals surface area contributed by atoms with Crippen LogP contribution < -0.4 is 37.6 Å². The lowest BCUT2D eigenvalue weighted by Gasteiger charge is -2.10. The molecule has 23 nitrogen and oxygen atoms in total. The van der Waals surface area contributed by atoms with Gasteiger partial charge in [-0.15, -0.1) is 6.42 Å². The summed E-state index contributed by atoms with van der Waals surface area (Å²) in [5.74, 6) is 1.48. The zero-order valence-corrected chi connectivity index (χ0v) is 44.1. The number of hydrogen-bond donors (Lipinski definition) is 8. The normalized spacial score (nSPS) is 10.6. The number of nitrogens with two attached hydrogens (primary N) is 1. The molecule has 6 rings (SSSR count). The minimum absolute atomic E-state index is 0.0176. The summed E-state index contributed by atoms with van der Waals surface area (Å²) in [6, 6.07) is 17.5. The van der Waals surface area contributed by atoms with E-state index < -0.39 is 0 Å². The quantitative estimate of drug-likeness (QED) is 0.0348. The lowest BCUT2D eigenvalue weighted by Crippen LogP contribution is -2.42. The number of nitrogens with one attached hydrogen (secondary N) is 6. The predicted molar refractivity (Wildman–Crippen MR) is 293 cm³/mol. The van der Waals surface area contributed by atoms with E-state index in [1.165, 1.54) is 40.2 Å². The van der Waals surface area contributed by atoms with Crippen molar-refractivity contribution in [1.82, 2.24) is 61.8 Å². The SMILES string of the molecule is C#CCOCCc1ccc2nc(N=C(NC(C)=O)NC(C)=O)nc(C)c2c1.C=C(C)NC(=Nc1nc(C)c2cc(CCCN)ccc2n1)NC(C)=O.CC(=O)NC(=Nc1nc(C)c2cc(CCO)ccc2n1)NC(C)=O. The number of nitrogens with zero attached hydrogens (tertiary/aromatic N) is 9. The molecule has 0 fully saturated rings. The summed E-state index contributed by atoms with van der Waals surface area (Å²) in [6.45, 7) is 19.3. The van der Waals surface area contributed by atoms with E-state index in [4.69, 9.17) is 22.0 Å². The molecular formula is C53H64N16O7. The van der Waals surface area contributed by atoms with Crippen LogP contribution in [0, 0.1) is 33.1 Å². The summed E-state index contributed by atoms with van der Waals surface area (Å²) in [5, 5.41) is 27.0. The molecule has 76 heavy (non-hydrogen) atoms. The average molecular weight is 1040 g/mol. The van der Waals surface area contributed by atoms with E-state index in [1.807, 2.05) is 69.3 Å². The maximum atomic E-state index is 11.3. The number of rotatable bonds is 13. The first-order valence-electron chi connectivity index (χ1n) is 23.9. The number of carbonyl (C=O) groups excluding carboxylic acids is 5. The number of guanidine groups is 3. The maximum absolute atomic E-state index is 11.3. The number of hydrogen-bond acceptors (Lipinski definition) is 17. The number of aliphatic hydroxyl groups excluding tert-OH is 1. The number of fused-ring (bicyclic) bond motifs is 3. The van der Waals surface area contributed by atoms with E-state index in [0.717, 1.165) is 63.5 Å². The molecule has 0 spiro atoms. The van der Waals surface area contributed by atoms with Gasteiger partial charge >= 0.3 is 0 Å². The molecule has 23 heteroatoms. The lowest BCUT2D eigenvalue weighted by molar-refractivity contribution is -0.119. The van der Waals surface area contributed by atoms with Crippen LogP contribution in [0.25, 0.3) is 32.7 Å². The van der Waals surface area contributed by atoms with Gasteiger partial charge in [-0.1, -0.05) is 30.7 Å².